The molecule has 1 saturated carbocycles. The highest BCUT2D eigenvalue weighted by Crippen LogP contribution is 2.44. The Morgan fingerprint density at radius 3 is 2.27 bits per heavy atom. The molecule has 5 rings (SSSR count). The molecule has 3 heterocycles. The van der Waals surface area contributed by atoms with E-state index in [1.165, 1.54) is 0 Å². The maximum absolute atomic E-state index is 13.1. The number of amidine groups is 1. The number of esters is 1. The number of nitrogens with zero attached hydrogens (tertiary/aromatic N) is 5. The summed E-state index contributed by atoms with van der Waals surface area (Å²) in [5.41, 5.74) is 8.33. The summed E-state index contributed by atoms with van der Waals surface area (Å²) in [6, 6.07) is 11.6. The molecule has 1 aliphatic heterocycles. The third kappa shape index (κ3) is 6.35. The molecule has 2 aliphatic rings. The fourth-order valence-electron chi connectivity index (χ4n) is 5.38. The first-order valence-electron chi connectivity index (χ1n) is 14.1. The number of piperazine rings is 1. The first kappa shape index (κ1) is 28.2. The smallest absolute Gasteiger partial charge is 0.307 e. The molecule has 1 aliphatic carbocycles. The highest BCUT2D eigenvalue weighted by molar-refractivity contribution is 6.09. The van der Waals surface area contributed by atoms with Crippen LogP contribution >= 0.6 is 0 Å². The van der Waals surface area contributed by atoms with E-state index in [2.05, 4.69) is 30.1 Å². The van der Waals surface area contributed by atoms with Crippen molar-refractivity contribution in [1.29, 1.82) is 5.41 Å². The van der Waals surface area contributed by atoms with E-state index in [1.54, 1.807) is 24.7 Å². The zero-order chi connectivity index (χ0) is 28.8. The summed E-state index contributed by atoms with van der Waals surface area (Å²) < 4.78 is 5.01. The number of carbonyl (C=O) groups excluding carboxylic acids is 2. The summed E-state index contributed by atoms with van der Waals surface area (Å²) in [5.74, 6) is 0.753. The molecule has 2 fully saturated rings. The second-order valence-corrected chi connectivity index (χ2v) is 10.5. The van der Waals surface area contributed by atoms with Crippen LogP contribution in [0.4, 0.5) is 11.8 Å². The molecule has 3 aromatic rings. The number of ether oxygens (including phenoxy) is 1. The lowest BCUT2D eigenvalue weighted by Crippen LogP contribution is -2.50. The van der Waals surface area contributed by atoms with Gasteiger partial charge in [-0.15, -0.1) is 0 Å². The number of aromatic nitrogens is 3. The van der Waals surface area contributed by atoms with Crippen LogP contribution in [0, 0.1) is 5.41 Å². The van der Waals surface area contributed by atoms with Gasteiger partial charge in [-0.1, -0.05) is 30.7 Å². The second-order valence-electron chi connectivity index (χ2n) is 10.5. The van der Waals surface area contributed by atoms with Gasteiger partial charge in [0.05, 0.1) is 24.0 Å². The van der Waals surface area contributed by atoms with Crippen LogP contribution in [0.25, 0.3) is 11.1 Å². The Morgan fingerprint density at radius 1 is 0.976 bits per heavy atom. The molecule has 11 heteroatoms. The molecule has 11 nitrogen and oxygen atoms in total. The number of pyridine rings is 1. The number of nitrogens with one attached hydrogen (secondary N) is 2. The average Bonchev–Trinajstić information content (AvgIpc) is 2.97. The summed E-state index contributed by atoms with van der Waals surface area (Å²) in [7, 11) is 0. The van der Waals surface area contributed by atoms with Crippen molar-refractivity contribution in [3.63, 3.8) is 0 Å². The molecule has 0 spiro atoms. The lowest BCUT2D eigenvalue weighted by molar-refractivity contribution is -0.143. The average molecular weight is 557 g/mol. The number of benzene rings is 1. The van der Waals surface area contributed by atoms with Crippen LogP contribution in [0.1, 0.15) is 48.5 Å². The van der Waals surface area contributed by atoms with Gasteiger partial charge in [0.2, 0.25) is 5.95 Å². The largest absolute Gasteiger partial charge is 0.466 e. The minimum Gasteiger partial charge on any atom is -0.466 e. The topological polar surface area (TPSA) is 150 Å². The van der Waals surface area contributed by atoms with Crippen molar-refractivity contribution in [2.75, 3.05) is 50.0 Å². The van der Waals surface area contributed by atoms with Crippen molar-refractivity contribution in [3.05, 3.63) is 66.1 Å². The van der Waals surface area contributed by atoms with Gasteiger partial charge in [-0.3, -0.25) is 19.9 Å². The summed E-state index contributed by atoms with van der Waals surface area (Å²) in [6.07, 6.45) is 7.95. The normalized spacial score (nSPS) is 16.5. The van der Waals surface area contributed by atoms with Crippen LogP contribution in [0.15, 0.2) is 55.0 Å². The predicted molar refractivity (Wildman–Crippen MR) is 157 cm³/mol. The van der Waals surface area contributed by atoms with Crippen LogP contribution in [0.2, 0.25) is 0 Å². The van der Waals surface area contributed by atoms with E-state index in [9.17, 15) is 9.59 Å². The Kier molecular flexibility index (Phi) is 8.53. The fourth-order valence-corrected chi connectivity index (χ4v) is 5.38. The maximum Gasteiger partial charge on any atom is 0.307 e. The first-order chi connectivity index (χ1) is 19.9. The third-order valence-corrected chi connectivity index (χ3v) is 8.01. The van der Waals surface area contributed by atoms with Gasteiger partial charge in [0.15, 0.2) is 0 Å². The molecule has 0 atom stereocenters. The summed E-state index contributed by atoms with van der Waals surface area (Å²) >= 11 is 0. The van der Waals surface area contributed by atoms with Crippen molar-refractivity contribution >= 4 is 29.5 Å². The van der Waals surface area contributed by atoms with E-state index in [0.717, 1.165) is 67.9 Å². The van der Waals surface area contributed by atoms with Gasteiger partial charge in [-0.05, 0) is 43.0 Å². The maximum atomic E-state index is 13.1. The number of carbonyl (C=O) groups is 2. The minimum atomic E-state index is -0.508. The number of nitrogen functional groups attached to an aromatic ring is 1. The van der Waals surface area contributed by atoms with E-state index < -0.39 is 5.41 Å². The highest BCUT2D eigenvalue weighted by atomic mass is 16.5. The molecule has 0 radical (unpaired) electrons. The monoisotopic (exact) mass is 556 g/mol. The lowest BCUT2D eigenvalue weighted by atomic mass is 9.63. The standard InChI is InChI=1S/C30H36N8O3/c1-2-41-26(39)10-13-37-14-16-38(17-15-37)25-9-6-22(18-33-25)27(40)36-28(31)30(11-3-12-30)24-7-4-21(5-8-24)23-19-34-29(32)35-20-23/h4-9,18-20H,2-3,10-17H2,1H3,(H2,31,36,40)(H2,32,34,35). The third-order valence-electron chi connectivity index (χ3n) is 8.01. The highest BCUT2D eigenvalue weighted by Gasteiger charge is 2.43. The minimum absolute atomic E-state index is 0.162. The van der Waals surface area contributed by atoms with E-state index in [1.807, 2.05) is 37.3 Å². The quantitative estimate of drug-likeness (QED) is 0.205. The van der Waals surface area contributed by atoms with Crippen LogP contribution in [0.3, 0.4) is 0 Å². The number of hydrogen-bond acceptors (Lipinski definition) is 10. The van der Waals surface area contributed by atoms with Gasteiger partial charge in [-0.25, -0.2) is 15.0 Å². The molecule has 41 heavy (non-hydrogen) atoms. The first-order valence-corrected chi connectivity index (χ1v) is 14.1. The number of nitrogens with two attached hydrogens (primary N) is 1. The Morgan fingerprint density at radius 2 is 1.68 bits per heavy atom. The second kappa shape index (κ2) is 12.4. The molecular formula is C30H36N8O3. The molecule has 0 bridgehead atoms. The number of anilines is 2. The van der Waals surface area contributed by atoms with Crippen molar-refractivity contribution in [3.8, 4) is 11.1 Å². The van der Waals surface area contributed by atoms with Gasteiger partial charge in [0.25, 0.3) is 5.91 Å². The van der Waals surface area contributed by atoms with Crippen LogP contribution < -0.4 is 16.0 Å². The molecule has 1 aromatic carbocycles. The van der Waals surface area contributed by atoms with Crippen LogP contribution in [-0.2, 0) is 14.9 Å². The van der Waals surface area contributed by atoms with Gasteiger partial charge < -0.3 is 20.7 Å². The van der Waals surface area contributed by atoms with Crippen molar-refractivity contribution in [1.82, 2.24) is 25.2 Å². The fraction of sp³-hybridized carbons (Fsp3) is 0.400. The number of hydrogen-bond donors (Lipinski definition) is 3. The van der Waals surface area contributed by atoms with Crippen molar-refractivity contribution < 1.29 is 14.3 Å². The molecule has 4 N–H and O–H groups in total. The molecule has 2 aromatic heterocycles. The molecular weight excluding hydrogens is 520 g/mol. The van der Waals surface area contributed by atoms with Gasteiger partial charge in [0.1, 0.15) is 11.7 Å². The number of rotatable bonds is 9. The van der Waals surface area contributed by atoms with Crippen LogP contribution in [-0.4, -0.2) is 76.9 Å². The van der Waals surface area contributed by atoms with E-state index in [-0.39, 0.29) is 23.7 Å². The molecule has 1 saturated heterocycles. The number of amides is 1. The lowest BCUT2D eigenvalue weighted by Gasteiger charge is -2.42. The Balaban J connectivity index is 1.16. The predicted octanol–water partition coefficient (Wildman–Crippen LogP) is 3.02. The van der Waals surface area contributed by atoms with Crippen molar-refractivity contribution in [2.24, 2.45) is 0 Å². The SMILES string of the molecule is CCOC(=O)CCN1CCN(c2ccc(C(=O)NC(=N)C3(c4ccc(-c5cnc(N)nc5)cc4)CCC3)cn2)CC1. The zero-order valence-electron chi connectivity index (χ0n) is 23.3. The van der Waals surface area contributed by atoms with E-state index in [4.69, 9.17) is 15.9 Å². The summed E-state index contributed by atoms with van der Waals surface area (Å²) in [6.45, 7) is 6.15. The Labute approximate surface area is 239 Å². The van der Waals surface area contributed by atoms with E-state index in [0.29, 0.717) is 25.1 Å². The molecule has 0 unspecified atom stereocenters. The van der Waals surface area contributed by atoms with Gasteiger partial charge >= 0.3 is 5.97 Å². The summed E-state index contributed by atoms with van der Waals surface area (Å²) in [4.78, 5) is 41.8. The zero-order valence-corrected chi connectivity index (χ0v) is 23.3. The van der Waals surface area contributed by atoms with Crippen LogP contribution in [0.5, 0.6) is 0 Å². The van der Waals surface area contributed by atoms with Gasteiger partial charge in [-0.2, -0.15) is 0 Å². The Bertz CT molecular complexity index is 1360. The Hall–Kier alpha value is -4.38. The molecule has 1 amide bonds. The summed E-state index contributed by atoms with van der Waals surface area (Å²) in [5, 5.41) is 11.7. The molecule has 214 valence electrons. The van der Waals surface area contributed by atoms with Gasteiger partial charge in [0, 0.05) is 56.9 Å². The van der Waals surface area contributed by atoms with Crippen molar-refractivity contribution in [2.45, 2.75) is 38.0 Å². The van der Waals surface area contributed by atoms with E-state index >= 15 is 0 Å².